The molecule has 1 saturated carbocycles. The average Bonchev–Trinajstić information content (AvgIpc) is 2.75. The zero-order chi connectivity index (χ0) is 12.3. The number of hydrogen-bond donors (Lipinski definition) is 1. The van der Waals surface area contributed by atoms with E-state index in [1.165, 1.54) is 25.7 Å². The van der Waals surface area contributed by atoms with Gasteiger partial charge in [0.1, 0.15) is 5.75 Å². The highest BCUT2D eigenvalue weighted by molar-refractivity contribution is 9.10. The molecule has 2 rings (SSSR count). The van der Waals surface area contributed by atoms with E-state index in [1.807, 2.05) is 6.07 Å². The summed E-state index contributed by atoms with van der Waals surface area (Å²) < 4.78 is 6.34. The highest BCUT2D eigenvalue weighted by atomic mass is 79.9. The summed E-state index contributed by atoms with van der Waals surface area (Å²) in [6.45, 7) is 2.28. The number of nitrogens with one attached hydrogen (secondary N) is 1. The molecule has 1 aromatic rings. The summed E-state index contributed by atoms with van der Waals surface area (Å²) in [6, 6.07) is 6.79. The van der Waals surface area contributed by atoms with Gasteiger partial charge >= 0.3 is 0 Å². The van der Waals surface area contributed by atoms with Crippen LogP contribution in [0.5, 0.6) is 5.75 Å². The Kier molecular flexibility index (Phi) is 4.32. The van der Waals surface area contributed by atoms with Crippen molar-refractivity contribution in [3.05, 3.63) is 22.7 Å². The van der Waals surface area contributed by atoms with Crippen LogP contribution in [0.25, 0.3) is 0 Å². The van der Waals surface area contributed by atoms with Crippen molar-refractivity contribution >= 4 is 21.6 Å². The van der Waals surface area contributed by atoms with E-state index >= 15 is 0 Å². The maximum atomic E-state index is 5.28. The summed E-state index contributed by atoms with van der Waals surface area (Å²) in [5.74, 6) is 1.72. The number of benzene rings is 1. The molecule has 3 heteroatoms. The molecule has 1 aromatic carbocycles. The Morgan fingerprint density at radius 2 is 2.18 bits per heavy atom. The summed E-state index contributed by atoms with van der Waals surface area (Å²) in [6.07, 6.45) is 5.26. The second-order valence-electron chi connectivity index (χ2n) is 4.73. The van der Waals surface area contributed by atoms with E-state index in [2.05, 4.69) is 40.3 Å². The zero-order valence-corrected chi connectivity index (χ0v) is 12.1. The van der Waals surface area contributed by atoms with E-state index < -0.39 is 0 Å². The lowest BCUT2D eigenvalue weighted by atomic mass is 10.0. The molecular formula is C14H20BrNO. The van der Waals surface area contributed by atoms with E-state index in [9.17, 15) is 0 Å². The van der Waals surface area contributed by atoms with Gasteiger partial charge in [-0.25, -0.2) is 0 Å². The summed E-state index contributed by atoms with van der Waals surface area (Å²) in [7, 11) is 1.70. The van der Waals surface area contributed by atoms with Crippen molar-refractivity contribution in [3.63, 3.8) is 0 Å². The monoisotopic (exact) mass is 297 g/mol. The van der Waals surface area contributed by atoms with Gasteiger partial charge in [-0.2, -0.15) is 0 Å². The van der Waals surface area contributed by atoms with Crippen LogP contribution in [0.4, 0.5) is 5.69 Å². The van der Waals surface area contributed by atoms with Gasteiger partial charge in [-0.3, -0.25) is 0 Å². The number of halogens is 1. The summed E-state index contributed by atoms with van der Waals surface area (Å²) in [4.78, 5) is 0. The fourth-order valence-corrected chi connectivity index (χ4v) is 3.17. The average molecular weight is 298 g/mol. The smallest absolute Gasteiger partial charge is 0.122 e. The molecule has 0 aliphatic heterocycles. The van der Waals surface area contributed by atoms with Gasteiger partial charge < -0.3 is 10.1 Å². The van der Waals surface area contributed by atoms with Gasteiger partial charge in [0.05, 0.1) is 7.11 Å². The molecule has 94 valence electrons. The highest BCUT2D eigenvalue weighted by Crippen LogP contribution is 2.32. The van der Waals surface area contributed by atoms with Crippen LogP contribution in [0.3, 0.4) is 0 Å². The Balaban J connectivity index is 2.09. The van der Waals surface area contributed by atoms with Crippen LogP contribution in [-0.4, -0.2) is 13.2 Å². The minimum absolute atomic E-state index is 0.624. The molecule has 0 radical (unpaired) electrons. The Labute approximate surface area is 112 Å². The first-order chi connectivity index (χ1) is 8.22. The number of hydrogen-bond acceptors (Lipinski definition) is 2. The minimum Gasteiger partial charge on any atom is -0.497 e. The van der Waals surface area contributed by atoms with E-state index in [0.29, 0.717) is 6.04 Å². The van der Waals surface area contributed by atoms with Gasteiger partial charge in [0, 0.05) is 22.3 Å². The van der Waals surface area contributed by atoms with Gasteiger partial charge in [0.2, 0.25) is 0 Å². The van der Waals surface area contributed by atoms with Gasteiger partial charge in [-0.15, -0.1) is 0 Å². The standard InChI is InChI=1S/C14H20BrNO/c1-3-10-5-4-6-14(10)16-12-7-11(15)8-13(9-12)17-2/h7-10,14,16H,3-6H2,1-2H3. The Hall–Kier alpha value is -0.700. The quantitative estimate of drug-likeness (QED) is 0.886. The maximum absolute atomic E-state index is 5.28. The topological polar surface area (TPSA) is 21.3 Å². The van der Waals surface area contributed by atoms with Crippen LogP contribution in [0, 0.1) is 5.92 Å². The molecule has 2 unspecified atom stereocenters. The number of methoxy groups -OCH3 is 1. The van der Waals surface area contributed by atoms with Crippen LogP contribution >= 0.6 is 15.9 Å². The van der Waals surface area contributed by atoms with Crippen LogP contribution < -0.4 is 10.1 Å². The molecule has 0 amide bonds. The van der Waals surface area contributed by atoms with Gasteiger partial charge in [0.25, 0.3) is 0 Å². The number of ether oxygens (including phenoxy) is 1. The molecule has 17 heavy (non-hydrogen) atoms. The molecule has 0 bridgehead atoms. The molecule has 2 atom stereocenters. The van der Waals surface area contributed by atoms with Crippen LogP contribution in [0.1, 0.15) is 32.6 Å². The second-order valence-corrected chi connectivity index (χ2v) is 5.65. The first-order valence-electron chi connectivity index (χ1n) is 6.34. The molecule has 0 saturated heterocycles. The van der Waals surface area contributed by atoms with E-state index in [-0.39, 0.29) is 0 Å². The Morgan fingerprint density at radius 1 is 1.35 bits per heavy atom. The van der Waals surface area contributed by atoms with Crippen molar-refractivity contribution in [1.82, 2.24) is 0 Å². The molecule has 2 nitrogen and oxygen atoms in total. The van der Waals surface area contributed by atoms with Crippen molar-refractivity contribution in [2.75, 3.05) is 12.4 Å². The van der Waals surface area contributed by atoms with Gasteiger partial charge in [-0.05, 0) is 30.9 Å². The van der Waals surface area contributed by atoms with Crippen molar-refractivity contribution in [3.8, 4) is 5.75 Å². The van der Waals surface area contributed by atoms with Crippen molar-refractivity contribution < 1.29 is 4.74 Å². The number of anilines is 1. The normalized spacial score (nSPS) is 23.7. The predicted octanol–water partition coefficient (Wildman–Crippen LogP) is 4.45. The Morgan fingerprint density at radius 3 is 2.88 bits per heavy atom. The third-order valence-electron chi connectivity index (χ3n) is 3.64. The van der Waals surface area contributed by atoms with Crippen molar-refractivity contribution in [2.24, 2.45) is 5.92 Å². The fraction of sp³-hybridized carbons (Fsp3) is 0.571. The molecule has 1 N–H and O–H groups in total. The lowest BCUT2D eigenvalue weighted by Crippen LogP contribution is -2.23. The molecule has 0 spiro atoms. The van der Waals surface area contributed by atoms with Crippen molar-refractivity contribution in [2.45, 2.75) is 38.6 Å². The third kappa shape index (κ3) is 3.15. The molecule has 1 aliphatic carbocycles. The van der Waals surface area contributed by atoms with Crippen LogP contribution in [0.15, 0.2) is 22.7 Å². The lowest BCUT2D eigenvalue weighted by Gasteiger charge is -2.21. The summed E-state index contributed by atoms with van der Waals surface area (Å²) in [5, 5.41) is 3.65. The summed E-state index contributed by atoms with van der Waals surface area (Å²) in [5.41, 5.74) is 1.15. The van der Waals surface area contributed by atoms with Crippen LogP contribution in [-0.2, 0) is 0 Å². The fourth-order valence-electron chi connectivity index (χ4n) is 2.69. The molecule has 0 aromatic heterocycles. The van der Waals surface area contributed by atoms with Crippen LogP contribution in [0.2, 0.25) is 0 Å². The summed E-state index contributed by atoms with van der Waals surface area (Å²) >= 11 is 3.52. The first kappa shape index (κ1) is 12.7. The first-order valence-corrected chi connectivity index (χ1v) is 7.13. The second kappa shape index (κ2) is 5.76. The lowest BCUT2D eigenvalue weighted by molar-refractivity contribution is 0.414. The van der Waals surface area contributed by atoms with E-state index in [1.54, 1.807) is 7.11 Å². The Bertz CT molecular complexity index is 380. The van der Waals surface area contributed by atoms with Gasteiger partial charge in [-0.1, -0.05) is 35.7 Å². The molecule has 0 heterocycles. The third-order valence-corrected chi connectivity index (χ3v) is 4.10. The van der Waals surface area contributed by atoms with Crippen molar-refractivity contribution in [1.29, 1.82) is 0 Å². The van der Waals surface area contributed by atoms with E-state index in [0.717, 1.165) is 21.8 Å². The zero-order valence-electron chi connectivity index (χ0n) is 10.5. The molecular weight excluding hydrogens is 278 g/mol. The van der Waals surface area contributed by atoms with Gasteiger partial charge in [0.15, 0.2) is 0 Å². The predicted molar refractivity (Wildman–Crippen MR) is 75.7 cm³/mol. The number of rotatable bonds is 4. The molecule has 1 aliphatic rings. The molecule has 1 fully saturated rings. The van der Waals surface area contributed by atoms with E-state index in [4.69, 9.17) is 4.74 Å². The largest absolute Gasteiger partial charge is 0.497 e. The highest BCUT2D eigenvalue weighted by Gasteiger charge is 2.25. The minimum atomic E-state index is 0.624. The maximum Gasteiger partial charge on any atom is 0.122 e. The SMILES string of the molecule is CCC1CCCC1Nc1cc(Br)cc(OC)c1.